The molecular weight excluding hydrogens is 681 g/mol. The van der Waals surface area contributed by atoms with E-state index in [4.69, 9.17) is 9.72 Å². The fraction of sp³-hybridized carbons (Fsp3) is 0.622. The van der Waals surface area contributed by atoms with Crippen LogP contribution in [0.15, 0.2) is 48.5 Å². The quantitative estimate of drug-likeness (QED) is 0.125. The molecule has 0 radical (unpaired) electrons. The smallest absolute Gasteiger partial charge is 0.341 e. The van der Waals surface area contributed by atoms with Gasteiger partial charge >= 0.3 is 11.9 Å². The summed E-state index contributed by atoms with van der Waals surface area (Å²) in [4.78, 5) is 29.1. The van der Waals surface area contributed by atoms with Gasteiger partial charge in [-0.05, 0) is 141 Å². The van der Waals surface area contributed by atoms with E-state index in [2.05, 4.69) is 38.2 Å². The van der Waals surface area contributed by atoms with E-state index in [1.165, 1.54) is 7.11 Å². The van der Waals surface area contributed by atoms with Crippen LogP contribution in [0.25, 0.3) is 10.9 Å². The third kappa shape index (κ3) is 6.83. The second kappa shape index (κ2) is 14.8. The molecule has 1 aromatic heterocycles. The highest BCUT2D eigenvalue weighted by Crippen LogP contribution is 2.69. The summed E-state index contributed by atoms with van der Waals surface area (Å²) < 4.78 is 5.18. The second-order valence-corrected chi connectivity index (χ2v) is 18.1. The van der Waals surface area contributed by atoms with Gasteiger partial charge in [0, 0.05) is 18.4 Å². The summed E-state index contributed by atoms with van der Waals surface area (Å²) in [6.45, 7) is 9.08. The predicted molar refractivity (Wildman–Crippen MR) is 209 cm³/mol. The topological polar surface area (TPSA) is 149 Å². The fourth-order valence-corrected chi connectivity index (χ4v) is 12.3. The maximum atomic E-state index is 13.0. The zero-order valence-electron chi connectivity index (χ0n) is 32.7. The Bertz CT molecular complexity index is 1870. The summed E-state index contributed by atoms with van der Waals surface area (Å²) in [5, 5.41) is 49.8. The Kier molecular flexibility index (Phi) is 10.7. The lowest BCUT2D eigenvalue weighted by atomic mass is 9.42. The molecule has 3 aromatic rings. The number of pyridine rings is 1. The largest absolute Gasteiger partial charge is 0.481 e. The summed E-state index contributed by atoms with van der Waals surface area (Å²) in [6, 6.07) is 16.2. The Labute approximate surface area is 319 Å². The van der Waals surface area contributed by atoms with Gasteiger partial charge in [-0.1, -0.05) is 57.2 Å². The zero-order valence-corrected chi connectivity index (χ0v) is 32.7. The molecule has 4 saturated carbocycles. The molecule has 9 heteroatoms. The van der Waals surface area contributed by atoms with Gasteiger partial charge in [0.05, 0.1) is 41.8 Å². The Balaban J connectivity index is 1.08. The Morgan fingerprint density at radius 3 is 2.50 bits per heavy atom. The Morgan fingerprint density at radius 1 is 1.02 bits per heavy atom. The standard InChI is InChI=1S/C45H60N2O7/c1-26(11-16-38(50)51)32-13-14-33-40-34(23-37(49)44(32,33)4)43(3)19-20-45(53,24-30(43)22-36(40)48)18-17-28-12-15-35-31(21-28)41(39(27(2)47-35)42(52)54-5)46-25-29-9-7-6-8-10-29/h6-10,12,15,21,26,30,32-34,36-37,40,48-49,53H,11,13-14,16-20,22-25H2,1-5H3,(H,46,47)(H,50,51)/t26-,30?,32-,33?,34?,36?,37+,40?,43+,44-,45-/m1/s1. The number of benzene rings is 2. The number of carboxylic acids is 1. The van der Waals surface area contributed by atoms with Crippen molar-refractivity contribution in [3.63, 3.8) is 0 Å². The summed E-state index contributed by atoms with van der Waals surface area (Å²) in [7, 11) is 1.38. The first-order valence-corrected chi connectivity index (χ1v) is 20.3. The van der Waals surface area contributed by atoms with Crippen LogP contribution in [-0.2, 0) is 22.5 Å². The molecule has 0 saturated heterocycles. The van der Waals surface area contributed by atoms with Gasteiger partial charge in [-0.3, -0.25) is 9.78 Å². The summed E-state index contributed by atoms with van der Waals surface area (Å²) in [5.41, 5.74) is 3.36. The molecule has 0 aliphatic heterocycles. The van der Waals surface area contributed by atoms with Crippen LogP contribution in [0.3, 0.4) is 0 Å². The Hall–Kier alpha value is -3.53. The molecule has 11 atom stereocenters. The highest BCUT2D eigenvalue weighted by molar-refractivity contribution is 6.06. The number of hydrogen-bond acceptors (Lipinski definition) is 8. The van der Waals surface area contributed by atoms with E-state index >= 15 is 0 Å². The molecule has 4 aliphatic carbocycles. The molecule has 0 spiro atoms. The van der Waals surface area contributed by atoms with Gasteiger partial charge in [0.25, 0.3) is 0 Å². The number of anilines is 1. The number of aliphatic hydroxyl groups is 3. The molecule has 0 amide bonds. The molecule has 5 N–H and O–H groups in total. The number of nitrogens with one attached hydrogen (secondary N) is 1. The van der Waals surface area contributed by atoms with Gasteiger partial charge in [-0.2, -0.15) is 0 Å². The van der Waals surface area contributed by atoms with Gasteiger partial charge in [-0.25, -0.2) is 4.79 Å². The van der Waals surface area contributed by atoms with Crippen LogP contribution in [0, 0.1) is 53.3 Å². The van der Waals surface area contributed by atoms with E-state index in [1.54, 1.807) is 0 Å². The lowest BCUT2D eigenvalue weighted by Gasteiger charge is -2.64. The van der Waals surface area contributed by atoms with Crippen LogP contribution in [0.5, 0.6) is 0 Å². The van der Waals surface area contributed by atoms with Crippen LogP contribution in [-0.4, -0.2) is 62.3 Å². The number of carbonyl (C=O) groups excluding carboxylic acids is 1. The first kappa shape index (κ1) is 38.7. The SMILES string of the molecule is COC(=O)c1c(C)nc2ccc(CC[C@@]3(O)CC[C@@]4(C)C(CC(O)C5C4C[C@H](O)[C@@]4(C)C5CC[C@@H]4[C@H](C)CCC(=O)O)C3)cc2c1NCc1ccccc1. The number of aromatic nitrogens is 1. The number of ether oxygens (including phenoxy) is 1. The summed E-state index contributed by atoms with van der Waals surface area (Å²) in [5.74, 6) is -0.130. The van der Waals surface area contributed by atoms with Crippen molar-refractivity contribution in [2.24, 2.45) is 46.3 Å². The van der Waals surface area contributed by atoms with E-state index in [9.17, 15) is 30.0 Å². The van der Waals surface area contributed by atoms with Crippen LogP contribution in [0.2, 0.25) is 0 Å². The maximum Gasteiger partial charge on any atom is 0.341 e. The van der Waals surface area contributed by atoms with Crippen molar-refractivity contribution >= 4 is 28.5 Å². The second-order valence-electron chi connectivity index (χ2n) is 18.1. The van der Waals surface area contributed by atoms with Crippen molar-refractivity contribution in [1.29, 1.82) is 0 Å². The number of aliphatic hydroxyl groups excluding tert-OH is 2. The van der Waals surface area contributed by atoms with Crippen molar-refractivity contribution in [1.82, 2.24) is 4.98 Å². The third-order valence-electron chi connectivity index (χ3n) is 15.3. The molecule has 0 bridgehead atoms. The molecule has 5 unspecified atom stereocenters. The van der Waals surface area contributed by atoms with E-state index in [0.717, 1.165) is 41.3 Å². The first-order valence-electron chi connectivity index (χ1n) is 20.3. The number of fused-ring (bicyclic) bond motifs is 6. The molecule has 2 aromatic carbocycles. The van der Waals surface area contributed by atoms with Crippen LogP contribution < -0.4 is 5.32 Å². The number of carbonyl (C=O) groups is 2. The van der Waals surface area contributed by atoms with Crippen LogP contribution in [0.4, 0.5) is 5.69 Å². The number of aryl methyl sites for hydroxylation is 2. The highest BCUT2D eigenvalue weighted by atomic mass is 16.5. The number of hydrogen-bond donors (Lipinski definition) is 5. The first-order chi connectivity index (χ1) is 25.7. The number of rotatable bonds is 11. The lowest BCUT2D eigenvalue weighted by Crippen LogP contribution is -2.63. The predicted octanol–water partition coefficient (Wildman–Crippen LogP) is 7.71. The lowest BCUT2D eigenvalue weighted by molar-refractivity contribution is -0.216. The zero-order chi connectivity index (χ0) is 38.6. The van der Waals surface area contributed by atoms with Crippen molar-refractivity contribution in [2.45, 2.75) is 123 Å². The molecular formula is C45H60N2O7. The molecule has 9 nitrogen and oxygen atoms in total. The third-order valence-corrected chi connectivity index (χ3v) is 15.3. The number of esters is 1. The van der Waals surface area contributed by atoms with E-state index in [0.29, 0.717) is 68.4 Å². The van der Waals surface area contributed by atoms with Gasteiger partial charge in [-0.15, -0.1) is 0 Å². The average molecular weight is 741 g/mol. The Morgan fingerprint density at radius 2 is 1.78 bits per heavy atom. The molecule has 4 aliphatic rings. The van der Waals surface area contributed by atoms with E-state index < -0.39 is 29.7 Å². The molecule has 54 heavy (non-hydrogen) atoms. The maximum absolute atomic E-state index is 13.0. The molecule has 292 valence electrons. The number of aliphatic carboxylic acids is 1. The summed E-state index contributed by atoms with van der Waals surface area (Å²) >= 11 is 0. The van der Waals surface area contributed by atoms with Crippen molar-refractivity contribution in [3.8, 4) is 0 Å². The van der Waals surface area contributed by atoms with E-state index in [-0.39, 0.29) is 52.8 Å². The van der Waals surface area contributed by atoms with Crippen molar-refractivity contribution < 1.29 is 34.8 Å². The number of nitrogens with zero attached hydrogens (tertiary/aromatic N) is 1. The minimum Gasteiger partial charge on any atom is -0.481 e. The molecule has 7 rings (SSSR count). The normalized spacial score (nSPS) is 35.1. The van der Waals surface area contributed by atoms with Crippen LogP contribution >= 0.6 is 0 Å². The van der Waals surface area contributed by atoms with Gasteiger partial charge in [0.2, 0.25) is 0 Å². The number of methoxy groups -OCH3 is 1. The van der Waals surface area contributed by atoms with Crippen LogP contribution in [0.1, 0.15) is 112 Å². The monoisotopic (exact) mass is 740 g/mol. The fourth-order valence-electron chi connectivity index (χ4n) is 12.3. The van der Waals surface area contributed by atoms with Crippen molar-refractivity contribution in [2.75, 3.05) is 12.4 Å². The van der Waals surface area contributed by atoms with Crippen molar-refractivity contribution in [3.05, 3.63) is 70.9 Å². The van der Waals surface area contributed by atoms with Gasteiger partial charge in [0.15, 0.2) is 0 Å². The van der Waals surface area contributed by atoms with Gasteiger partial charge < -0.3 is 30.5 Å². The summed E-state index contributed by atoms with van der Waals surface area (Å²) in [6.07, 6.45) is 6.43. The highest BCUT2D eigenvalue weighted by Gasteiger charge is 2.66. The molecule has 4 fully saturated rings. The van der Waals surface area contributed by atoms with Gasteiger partial charge in [0.1, 0.15) is 5.56 Å². The minimum absolute atomic E-state index is 0.0818. The average Bonchev–Trinajstić information content (AvgIpc) is 3.51. The minimum atomic E-state index is -0.872. The number of carboxylic acid groups (broad SMARTS) is 1. The van der Waals surface area contributed by atoms with E-state index in [1.807, 2.05) is 43.3 Å². The molecule has 1 heterocycles.